The van der Waals surface area contributed by atoms with E-state index in [1.807, 2.05) is 30.3 Å². The molecule has 0 spiro atoms. The van der Waals surface area contributed by atoms with Gasteiger partial charge in [0.25, 0.3) is 5.91 Å². The van der Waals surface area contributed by atoms with Gasteiger partial charge in [0.2, 0.25) is 15.8 Å². The van der Waals surface area contributed by atoms with Crippen molar-refractivity contribution in [3.63, 3.8) is 0 Å². The minimum atomic E-state index is -3.87. The Hall–Kier alpha value is -3.18. The summed E-state index contributed by atoms with van der Waals surface area (Å²) >= 11 is 0. The zero-order chi connectivity index (χ0) is 22.2. The Bertz CT molecular complexity index is 1190. The number of alkyl halides is 2. The van der Waals surface area contributed by atoms with Gasteiger partial charge in [-0.2, -0.15) is 0 Å². The number of aromatic nitrogens is 3. The van der Waals surface area contributed by atoms with Crippen LogP contribution < -0.4 is 5.14 Å². The van der Waals surface area contributed by atoms with Crippen molar-refractivity contribution in [3.8, 4) is 5.69 Å². The third kappa shape index (κ3) is 4.47. The molecule has 2 N–H and O–H groups in total. The van der Waals surface area contributed by atoms with E-state index in [1.165, 1.54) is 28.9 Å². The largest absolute Gasteiger partial charge is 0.330 e. The van der Waals surface area contributed by atoms with Crippen molar-refractivity contribution < 1.29 is 22.0 Å². The molecule has 2 aromatic carbocycles. The van der Waals surface area contributed by atoms with Crippen LogP contribution in [-0.2, 0) is 16.4 Å². The van der Waals surface area contributed by atoms with E-state index < -0.39 is 28.3 Å². The molecule has 1 fully saturated rings. The Morgan fingerprint density at radius 2 is 1.65 bits per heavy atom. The Morgan fingerprint density at radius 3 is 2.23 bits per heavy atom. The highest BCUT2D eigenvalue weighted by Gasteiger charge is 2.37. The predicted molar refractivity (Wildman–Crippen MR) is 108 cm³/mol. The first kappa shape index (κ1) is 21.1. The molecule has 2 heterocycles. The summed E-state index contributed by atoms with van der Waals surface area (Å²) in [5.41, 5.74) is 1.36. The van der Waals surface area contributed by atoms with Crippen molar-refractivity contribution in [1.29, 1.82) is 0 Å². The Morgan fingerprint density at radius 1 is 1.03 bits per heavy atom. The zero-order valence-electron chi connectivity index (χ0n) is 16.2. The second kappa shape index (κ2) is 8.16. The number of hydrogen-bond donors (Lipinski definition) is 1. The van der Waals surface area contributed by atoms with Crippen LogP contribution in [0.2, 0.25) is 0 Å². The van der Waals surface area contributed by atoms with Gasteiger partial charge in [0.05, 0.1) is 23.7 Å². The normalized spacial score (nSPS) is 19.0. The number of rotatable bonds is 5. The maximum Gasteiger partial charge on any atom is 0.293 e. The monoisotopic (exact) mass is 447 g/mol. The predicted octanol–water partition coefficient (Wildman–Crippen LogP) is 1.64. The number of halogens is 2. The van der Waals surface area contributed by atoms with E-state index in [9.17, 15) is 22.0 Å². The van der Waals surface area contributed by atoms with Gasteiger partial charge in [0, 0.05) is 6.42 Å². The van der Waals surface area contributed by atoms with Crippen LogP contribution >= 0.6 is 0 Å². The maximum absolute atomic E-state index is 13.5. The number of nitrogens with two attached hydrogens (primary N) is 1. The molecule has 0 saturated carbocycles. The molecular weight excluding hydrogens is 428 g/mol. The Labute approximate surface area is 177 Å². The summed E-state index contributed by atoms with van der Waals surface area (Å²) in [6.07, 6.45) is -3.14. The van der Waals surface area contributed by atoms with Gasteiger partial charge >= 0.3 is 0 Å². The van der Waals surface area contributed by atoms with E-state index in [2.05, 4.69) is 10.1 Å². The molecule has 4 rings (SSSR count). The van der Waals surface area contributed by atoms with Gasteiger partial charge in [-0.1, -0.05) is 30.3 Å². The summed E-state index contributed by atoms with van der Waals surface area (Å²) in [7, 11) is -3.87. The van der Waals surface area contributed by atoms with E-state index >= 15 is 0 Å². The fourth-order valence-electron chi connectivity index (χ4n) is 3.34. The number of carbonyl (C=O) groups excluding carboxylic acids is 1. The molecule has 162 valence electrons. The third-order valence-corrected chi connectivity index (χ3v) is 5.88. The zero-order valence-corrected chi connectivity index (χ0v) is 17.0. The quantitative estimate of drug-likeness (QED) is 0.639. The smallest absolute Gasteiger partial charge is 0.293 e. The van der Waals surface area contributed by atoms with Gasteiger partial charge in [-0.3, -0.25) is 4.79 Å². The lowest BCUT2D eigenvalue weighted by molar-refractivity contribution is 0.0766. The highest BCUT2D eigenvalue weighted by Crippen LogP contribution is 2.20. The van der Waals surface area contributed by atoms with Crippen molar-refractivity contribution >= 4 is 15.9 Å². The topological polar surface area (TPSA) is 111 Å². The third-order valence-electron chi connectivity index (χ3n) is 4.95. The molecule has 11 heteroatoms. The van der Waals surface area contributed by atoms with Crippen LogP contribution in [0.25, 0.3) is 5.69 Å². The summed E-state index contributed by atoms with van der Waals surface area (Å²) in [5.74, 6) is -0.453. The highest BCUT2D eigenvalue weighted by molar-refractivity contribution is 7.89. The summed E-state index contributed by atoms with van der Waals surface area (Å²) < 4.78 is 51.5. The average molecular weight is 447 g/mol. The van der Waals surface area contributed by atoms with Crippen molar-refractivity contribution in [2.24, 2.45) is 5.14 Å². The first-order valence-electron chi connectivity index (χ1n) is 9.43. The van der Waals surface area contributed by atoms with Gasteiger partial charge in [0.1, 0.15) is 5.82 Å². The molecule has 0 unspecified atom stereocenters. The second-order valence-electron chi connectivity index (χ2n) is 7.21. The average Bonchev–Trinajstić information content (AvgIpc) is 3.31. The van der Waals surface area contributed by atoms with Crippen LogP contribution in [0.3, 0.4) is 0 Å². The molecule has 1 aliphatic rings. The van der Waals surface area contributed by atoms with Gasteiger partial charge in [0.15, 0.2) is 12.3 Å². The fraction of sp³-hybridized carbons (Fsp3) is 0.250. The highest BCUT2D eigenvalue weighted by atomic mass is 32.2. The standard InChI is InChI=1S/C20H19F2N5O3S/c21-16-11-26(12-17(16)22)20(28)19-24-18(10-13-4-2-1-3-5-13)27(25-19)14-6-8-15(9-7-14)31(23,29)30/h1-9,16-17H,10-12H2,(H2,23,29,30)/t16-,17-/m1/s1. The Kier molecular flexibility index (Phi) is 5.54. The number of likely N-dealkylation sites (tertiary alicyclic amines) is 1. The minimum Gasteiger partial charge on any atom is -0.330 e. The van der Waals surface area contributed by atoms with E-state index in [-0.39, 0.29) is 23.8 Å². The molecule has 3 aromatic rings. The minimum absolute atomic E-state index is 0.0719. The first-order valence-corrected chi connectivity index (χ1v) is 11.0. The van der Waals surface area contributed by atoms with Crippen molar-refractivity contribution in [2.75, 3.05) is 13.1 Å². The molecule has 0 bridgehead atoms. The summed E-state index contributed by atoms with van der Waals surface area (Å²) in [6.45, 7) is -0.711. The van der Waals surface area contributed by atoms with Crippen LogP contribution in [0.15, 0.2) is 59.5 Å². The van der Waals surface area contributed by atoms with Gasteiger partial charge < -0.3 is 4.90 Å². The molecule has 1 aromatic heterocycles. The van der Waals surface area contributed by atoms with E-state index in [0.717, 1.165) is 10.5 Å². The van der Waals surface area contributed by atoms with E-state index in [4.69, 9.17) is 5.14 Å². The number of nitrogens with zero attached hydrogens (tertiary/aromatic N) is 4. The maximum atomic E-state index is 13.5. The van der Waals surface area contributed by atoms with Crippen molar-refractivity contribution in [2.45, 2.75) is 23.7 Å². The van der Waals surface area contributed by atoms with Crippen LogP contribution in [0.4, 0.5) is 8.78 Å². The van der Waals surface area contributed by atoms with Gasteiger partial charge in [-0.15, -0.1) is 5.10 Å². The molecule has 31 heavy (non-hydrogen) atoms. The molecular formula is C20H19F2N5O3S. The molecule has 1 aliphatic heterocycles. The SMILES string of the molecule is NS(=O)(=O)c1ccc(-n2nc(C(=O)N3C[C@@H](F)[C@H](F)C3)nc2Cc2ccccc2)cc1. The van der Waals surface area contributed by atoms with Crippen molar-refractivity contribution in [3.05, 3.63) is 71.8 Å². The van der Waals surface area contributed by atoms with Gasteiger partial charge in [-0.05, 0) is 29.8 Å². The number of hydrogen-bond acceptors (Lipinski definition) is 5. The van der Waals surface area contributed by atoms with Crippen LogP contribution in [0, 0.1) is 0 Å². The first-order chi connectivity index (χ1) is 14.7. The van der Waals surface area contributed by atoms with Crippen LogP contribution in [0.1, 0.15) is 22.0 Å². The van der Waals surface area contributed by atoms with Gasteiger partial charge in [-0.25, -0.2) is 32.0 Å². The number of primary sulfonamides is 1. The summed E-state index contributed by atoms with van der Waals surface area (Å²) in [5, 5.41) is 9.39. The van der Waals surface area contributed by atoms with Crippen molar-refractivity contribution in [1.82, 2.24) is 19.7 Å². The van der Waals surface area contributed by atoms with Crippen LogP contribution in [0.5, 0.6) is 0 Å². The lowest BCUT2D eigenvalue weighted by Gasteiger charge is -2.11. The molecule has 8 nitrogen and oxygen atoms in total. The number of sulfonamides is 1. The van der Waals surface area contributed by atoms with E-state index in [1.54, 1.807) is 0 Å². The number of carbonyl (C=O) groups is 1. The number of benzene rings is 2. The molecule has 1 saturated heterocycles. The fourth-order valence-corrected chi connectivity index (χ4v) is 3.86. The molecule has 2 atom stereocenters. The summed E-state index contributed by atoms with van der Waals surface area (Å²) in [4.78, 5) is 18.0. The van der Waals surface area contributed by atoms with E-state index in [0.29, 0.717) is 17.9 Å². The molecule has 0 aliphatic carbocycles. The lowest BCUT2D eigenvalue weighted by atomic mass is 10.1. The molecule has 0 radical (unpaired) electrons. The number of amides is 1. The second-order valence-corrected chi connectivity index (χ2v) is 8.77. The van der Waals surface area contributed by atoms with Crippen LogP contribution in [-0.4, -0.2) is 59.4 Å². The summed E-state index contributed by atoms with van der Waals surface area (Å²) in [6, 6.07) is 15.0. The Balaban J connectivity index is 1.71. The lowest BCUT2D eigenvalue weighted by Crippen LogP contribution is -2.30. The molecule has 1 amide bonds.